The van der Waals surface area contributed by atoms with Crippen molar-refractivity contribution in [1.29, 1.82) is 0 Å². The molecule has 0 unspecified atom stereocenters. The Kier molecular flexibility index (Phi) is 5.85. The molecule has 0 saturated carbocycles. The lowest BCUT2D eigenvalue weighted by molar-refractivity contribution is -0.145. The Hall–Kier alpha value is -2.59. The van der Waals surface area contributed by atoms with Gasteiger partial charge in [-0.15, -0.1) is 0 Å². The minimum atomic E-state index is -4.54. The zero-order valence-electron chi connectivity index (χ0n) is 14.9. The highest BCUT2D eigenvalue weighted by Gasteiger charge is 2.40. The van der Waals surface area contributed by atoms with Crippen molar-refractivity contribution in [2.75, 3.05) is 0 Å². The number of hydrogen-bond donors (Lipinski definition) is 1. The fourth-order valence-electron chi connectivity index (χ4n) is 2.87. The van der Waals surface area contributed by atoms with Crippen molar-refractivity contribution in [1.82, 2.24) is 4.90 Å². The van der Waals surface area contributed by atoms with Gasteiger partial charge in [0.15, 0.2) is 0 Å². The molecule has 5 nitrogen and oxygen atoms in total. The highest BCUT2D eigenvalue weighted by atomic mass is 32.2. The largest absolute Gasteiger partial charge is 0.480 e. The molecule has 1 aliphatic heterocycles. The molecule has 0 aliphatic carbocycles. The molecule has 1 atom stereocenters. The van der Waals surface area contributed by atoms with Crippen molar-refractivity contribution in [3.8, 4) is 11.3 Å². The van der Waals surface area contributed by atoms with E-state index in [4.69, 9.17) is 16.6 Å². The van der Waals surface area contributed by atoms with Crippen LogP contribution in [0.4, 0.5) is 13.2 Å². The van der Waals surface area contributed by atoms with Crippen LogP contribution in [0, 0.1) is 0 Å². The van der Waals surface area contributed by atoms with Crippen LogP contribution >= 0.6 is 24.0 Å². The van der Waals surface area contributed by atoms with Crippen LogP contribution in [0.15, 0.2) is 45.7 Å². The van der Waals surface area contributed by atoms with E-state index >= 15 is 0 Å². The van der Waals surface area contributed by atoms with Gasteiger partial charge in [-0.1, -0.05) is 49.1 Å². The number of alkyl halides is 3. The van der Waals surface area contributed by atoms with Gasteiger partial charge in [-0.05, 0) is 24.6 Å². The number of hydrogen-bond acceptors (Lipinski definition) is 5. The van der Waals surface area contributed by atoms with Gasteiger partial charge in [0.2, 0.25) is 0 Å². The van der Waals surface area contributed by atoms with Gasteiger partial charge in [-0.25, -0.2) is 4.79 Å². The minimum Gasteiger partial charge on any atom is -0.480 e. The summed E-state index contributed by atoms with van der Waals surface area (Å²) in [7, 11) is 0. The molecule has 1 amide bonds. The quantitative estimate of drug-likeness (QED) is 0.518. The van der Waals surface area contributed by atoms with Crippen LogP contribution in [0.25, 0.3) is 17.4 Å². The van der Waals surface area contributed by atoms with Crippen LogP contribution in [-0.4, -0.2) is 32.2 Å². The SMILES string of the molecule is CC[C@@H](C(=O)O)N1C(=O)/C(=C/c2ccc(-c3ccccc3C(F)(F)F)o2)SC1=S. The third-order valence-corrected chi connectivity index (χ3v) is 5.54. The first kappa shape index (κ1) is 21.1. The summed E-state index contributed by atoms with van der Waals surface area (Å²) in [5, 5.41) is 9.27. The molecule has 29 heavy (non-hydrogen) atoms. The van der Waals surface area contributed by atoms with E-state index in [0.29, 0.717) is 0 Å². The Morgan fingerprint density at radius 2 is 2.00 bits per heavy atom. The first-order valence-corrected chi connectivity index (χ1v) is 9.62. The number of aliphatic carboxylic acids is 1. The lowest BCUT2D eigenvalue weighted by Crippen LogP contribution is -2.43. The van der Waals surface area contributed by atoms with E-state index in [-0.39, 0.29) is 32.7 Å². The standard InChI is InChI=1S/C19H14F3NO4S2/c1-2-13(17(25)26)23-16(24)15(29-18(23)28)9-10-7-8-14(27-10)11-5-3-4-6-12(11)19(20,21)22/h3-9,13H,2H2,1H3,(H,25,26)/b15-9-/t13-/m0/s1. The molecule has 2 aromatic rings. The van der Waals surface area contributed by atoms with Crippen molar-refractivity contribution in [3.05, 3.63) is 52.6 Å². The maximum absolute atomic E-state index is 13.2. The third kappa shape index (κ3) is 4.23. The van der Waals surface area contributed by atoms with Gasteiger partial charge in [-0.3, -0.25) is 9.69 Å². The molecule has 10 heteroatoms. The van der Waals surface area contributed by atoms with Crippen molar-refractivity contribution in [3.63, 3.8) is 0 Å². The number of amides is 1. The van der Waals surface area contributed by atoms with Crippen molar-refractivity contribution in [2.45, 2.75) is 25.6 Å². The van der Waals surface area contributed by atoms with Crippen LogP contribution < -0.4 is 0 Å². The second-order valence-electron chi connectivity index (χ2n) is 6.06. The number of carbonyl (C=O) groups excluding carboxylic acids is 1. The van der Waals surface area contributed by atoms with Crippen molar-refractivity contribution < 1.29 is 32.3 Å². The molecule has 3 rings (SSSR count). The number of furan rings is 1. The second-order valence-corrected chi connectivity index (χ2v) is 7.74. The molecule has 1 aliphatic rings. The number of thiocarbonyl (C=S) groups is 1. The molecule has 0 spiro atoms. The Balaban J connectivity index is 1.91. The van der Waals surface area contributed by atoms with Crippen LogP contribution in [0.1, 0.15) is 24.7 Å². The van der Waals surface area contributed by atoms with Crippen LogP contribution in [-0.2, 0) is 15.8 Å². The van der Waals surface area contributed by atoms with Crippen LogP contribution in [0.3, 0.4) is 0 Å². The molecular formula is C19H14F3NO4S2. The number of rotatable bonds is 5. The van der Waals surface area contributed by atoms with E-state index in [9.17, 15) is 27.9 Å². The normalized spacial score (nSPS) is 17.2. The van der Waals surface area contributed by atoms with E-state index in [1.807, 2.05) is 0 Å². The van der Waals surface area contributed by atoms with Gasteiger partial charge >= 0.3 is 12.1 Å². The first-order chi connectivity index (χ1) is 13.6. The maximum Gasteiger partial charge on any atom is 0.417 e. The first-order valence-electron chi connectivity index (χ1n) is 8.39. The van der Waals surface area contributed by atoms with E-state index < -0.39 is 29.7 Å². The number of thioether (sulfide) groups is 1. The Morgan fingerprint density at radius 3 is 2.62 bits per heavy atom. The average Bonchev–Trinajstić information content (AvgIpc) is 3.22. The zero-order chi connectivity index (χ0) is 21.3. The third-order valence-electron chi connectivity index (χ3n) is 4.21. The van der Waals surface area contributed by atoms with Crippen LogP contribution in [0.2, 0.25) is 0 Å². The molecule has 1 N–H and O–H groups in total. The summed E-state index contributed by atoms with van der Waals surface area (Å²) in [6, 6.07) is 6.73. The molecule has 1 aromatic carbocycles. The minimum absolute atomic E-state index is 0.00313. The van der Waals surface area contributed by atoms with Gasteiger partial charge < -0.3 is 9.52 Å². The average molecular weight is 441 g/mol. The molecule has 2 heterocycles. The Bertz CT molecular complexity index is 1010. The summed E-state index contributed by atoms with van der Waals surface area (Å²) in [5.41, 5.74) is -0.955. The van der Waals surface area contributed by atoms with Gasteiger partial charge in [-0.2, -0.15) is 13.2 Å². The van der Waals surface area contributed by atoms with Gasteiger partial charge in [0.1, 0.15) is 21.9 Å². The second kappa shape index (κ2) is 8.03. The molecule has 1 saturated heterocycles. The fraction of sp³-hybridized carbons (Fsp3) is 0.211. The van der Waals surface area contributed by atoms with Crippen molar-refractivity contribution in [2.24, 2.45) is 0 Å². The summed E-state index contributed by atoms with van der Waals surface area (Å²) in [5.74, 6) is -1.60. The zero-order valence-corrected chi connectivity index (χ0v) is 16.5. The van der Waals surface area contributed by atoms with E-state index in [1.165, 1.54) is 36.4 Å². The van der Waals surface area contributed by atoms with Gasteiger partial charge in [0.05, 0.1) is 10.5 Å². The lowest BCUT2D eigenvalue weighted by atomic mass is 10.1. The number of carbonyl (C=O) groups is 2. The predicted molar refractivity (Wildman–Crippen MR) is 106 cm³/mol. The van der Waals surface area contributed by atoms with Gasteiger partial charge in [0, 0.05) is 11.6 Å². The molecular weight excluding hydrogens is 427 g/mol. The molecule has 0 radical (unpaired) electrons. The topological polar surface area (TPSA) is 70.8 Å². The predicted octanol–water partition coefficient (Wildman–Crippen LogP) is 5.03. The molecule has 1 aromatic heterocycles. The molecule has 1 fully saturated rings. The summed E-state index contributed by atoms with van der Waals surface area (Å²) in [4.78, 5) is 25.1. The monoisotopic (exact) mass is 441 g/mol. The Labute approximate surface area is 173 Å². The highest BCUT2D eigenvalue weighted by molar-refractivity contribution is 8.26. The Morgan fingerprint density at radius 1 is 1.31 bits per heavy atom. The summed E-state index contributed by atoms with van der Waals surface area (Å²) >= 11 is 6.04. The molecule has 0 bridgehead atoms. The number of halogens is 3. The summed E-state index contributed by atoms with van der Waals surface area (Å²) in [6.07, 6.45) is -3.03. The smallest absolute Gasteiger partial charge is 0.417 e. The maximum atomic E-state index is 13.2. The highest BCUT2D eigenvalue weighted by Crippen LogP contribution is 2.39. The van der Waals surface area contributed by atoms with Crippen LogP contribution in [0.5, 0.6) is 0 Å². The summed E-state index contributed by atoms with van der Waals surface area (Å²) in [6.45, 7) is 1.62. The molecule has 152 valence electrons. The lowest BCUT2D eigenvalue weighted by Gasteiger charge is -2.21. The number of benzene rings is 1. The number of carboxylic acids is 1. The summed E-state index contributed by atoms with van der Waals surface area (Å²) < 4.78 is 45.2. The number of nitrogens with zero attached hydrogens (tertiary/aromatic N) is 1. The van der Waals surface area contributed by atoms with Gasteiger partial charge in [0.25, 0.3) is 5.91 Å². The number of carboxylic acid groups (broad SMARTS) is 1. The van der Waals surface area contributed by atoms with Crippen molar-refractivity contribution >= 4 is 46.3 Å². The fourth-order valence-corrected chi connectivity index (χ4v) is 4.20. The van der Waals surface area contributed by atoms with E-state index in [0.717, 1.165) is 22.7 Å². The van der Waals surface area contributed by atoms with E-state index in [2.05, 4.69) is 0 Å². The van der Waals surface area contributed by atoms with E-state index in [1.54, 1.807) is 6.92 Å².